The molecule has 0 N–H and O–H groups in total. The van der Waals surface area contributed by atoms with Gasteiger partial charge in [-0.3, -0.25) is 14.3 Å². The molecule has 0 radical (unpaired) electrons. The zero-order chi connectivity index (χ0) is 17.7. The predicted octanol–water partition coefficient (Wildman–Crippen LogP) is 3.13. The van der Waals surface area contributed by atoms with Crippen molar-refractivity contribution < 1.29 is 9.59 Å². The van der Waals surface area contributed by atoms with Gasteiger partial charge >= 0.3 is 0 Å². The van der Waals surface area contributed by atoms with Crippen LogP contribution in [0.4, 0.5) is 0 Å². The Kier molecular flexibility index (Phi) is 5.90. The summed E-state index contributed by atoms with van der Waals surface area (Å²) < 4.78 is 1.72. The number of ketones is 1. The zero-order valence-corrected chi connectivity index (χ0v) is 14.8. The molecule has 1 aromatic heterocycles. The quantitative estimate of drug-likeness (QED) is 0.734. The number of benzene rings is 1. The van der Waals surface area contributed by atoms with Crippen molar-refractivity contribution in [2.75, 3.05) is 0 Å². The van der Waals surface area contributed by atoms with Gasteiger partial charge in [0.2, 0.25) is 5.91 Å². The maximum atomic E-state index is 12.5. The number of carbonyl (C=O) groups excluding carboxylic acids is 2. The third kappa shape index (κ3) is 4.78. The van der Waals surface area contributed by atoms with Crippen LogP contribution in [0.1, 0.15) is 48.2 Å². The summed E-state index contributed by atoms with van der Waals surface area (Å²) in [5.41, 5.74) is 2.77. The SMILES string of the molecule is Cc1ccc(C(=O)CCC(=O)N(Cc2cnn(C)c2)C(C)C)cc1. The molecule has 0 bridgehead atoms. The smallest absolute Gasteiger partial charge is 0.223 e. The summed E-state index contributed by atoms with van der Waals surface area (Å²) in [5.74, 6) is 0.00255. The first kappa shape index (κ1) is 17.9. The minimum absolute atomic E-state index is 0.00526. The van der Waals surface area contributed by atoms with Crippen molar-refractivity contribution in [2.45, 2.75) is 46.2 Å². The minimum atomic E-state index is -0.00526. The molecule has 5 nitrogen and oxygen atoms in total. The lowest BCUT2D eigenvalue weighted by Gasteiger charge is -2.26. The lowest BCUT2D eigenvalue weighted by atomic mass is 10.0. The number of hydrogen-bond donors (Lipinski definition) is 0. The highest BCUT2D eigenvalue weighted by Crippen LogP contribution is 2.13. The fraction of sp³-hybridized carbons (Fsp3) is 0.421. The van der Waals surface area contributed by atoms with Gasteiger partial charge in [0.1, 0.15) is 0 Å². The van der Waals surface area contributed by atoms with Crippen LogP contribution in [0.3, 0.4) is 0 Å². The van der Waals surface area contributed by atoms with E-state index in [-0.39, 0.29) is 30.6 Å². The Morgan fingerprint density at radius 3 is 2.38 bits per heavy atom. The Labute approximate surface area is 143 Å². The van der Waals surface area contributed by atoms with Gasteiger partial charge in [0.25, 0.3) is 0 Å². The molecule has 2 rings (SSSR count). The molecule has 0 fully saturated rings. The Balaban J connectivity index is 1.95. The summed E-state index contributed by atoms with van der Waals surface area (Å²) in [6, 6.07) is 7.54. The Morgan fingerprint density at radius 2 is 1.83 bits per heavy atom. The largest absolute Gasteiger partial charge is 0.336 e. The summed E-state index contributed by atoms with van der Waals surface area (Å²) >= 11 is 0. The summed E-state index contributed by atoms with van der Waals surface area (Å²) in [5, 5.41) is 4.13. The number of amides is 1. The highest BCUT2D eigenvalue weighted by atomic mass is 16.2. The monoisotopic (exact) mass is 327 g/mol. The number of rotatable bonds is 7. The summed E-state index contributed by atoms with van der Waals surface area (Å²) in [6.45, 7) is 6.46. The Hall–Kier alpha value is -2.43. The molecule has 1 heterocycles. The lowest BCUT2D eigenvalue weighted by molar-refractivity contribution is -0.133. The molecule has 0 atom stereocenters. The van der Waals surface area contributed by atoms with Crippen molar-refractivity contribution in [2.24, 2.45) is 7.05 Å². The first-order chi connectivity index (χ1) is 11.4. The van der Waals surface area contributed by atoms with Crippen LogP contribution in [0.5, 0.6) is 0 Å². The molecule has 1 aromatic carbocycles. The van der Waals surface area contributed by atoms with E-state index in [0.717, 1.165) is 11.1 Å². The number of Topliss-reactive ketones (excluding diaryl/α,β-unsaturated/α-hetero) is 1. The molecule has 0 spiro atoms. The third-order valence-corrected chi connectivity index (χ3v) is 3.99. The standard InChI is InChI=1S/C19H25N3O2/c1-14(2)22(13-16-11-20-21(4)12-16)19(24)10-9-18(23)17-7-5-15(3)6-8-17/h5-8,11-12,14H,9-10,13H2,1-4H3. The molecule has 0 unspecified atom stereocenters. The van der Waals surface area contributed by atoms with Gasteiger partial charge in [0.05, 0.1) is 6.20 Å². The maximum absolute atomic E-state index is 12.5. The normalized spacial score (nSPS) is 10.9. The van der Waals surface area contributed by atoms with Crippen molar-refractivity contribution in [3.05, 3.63) is 53.3 Å². The fourth-order valence-electron chi connectivity index (χ4n) is 2.56. The molecule has 1 amide bonds. The van der Waals surface area contributed by atoms with Crippen molar-refractivity contribution in [3.8, 4) is 0 Å². The topological polar surface area (TPSA) is 55.2 Å². The van der Waals surface area contributed by atoms with E-state index in [1.54, 1.807) is 15.8 Å². The molecular weight excluding hydrogens is 302 g/mol. The first-order valence-electron chi connectivity index (χ1n) is 8.23. The molecule has 0 saturated carbocycles. The van der Waals surface area contributed by atoms with Gasteiger partial charge in [-0.25, -0.2) is 0 Å². The van der Waals surface area contributed by atoms with E-state index in [0.29, 0.717) is 12.1 Å². The van der Waals surface area contributed by atoms with Crippen LogP contribution >= 0.6 is 0 Å². The second kappa shape index (κ2) is 7.90. The predicted molar refractivity (Wildman–Crippen MR) is 93.6 cm³/mol. The van der Waals surface area contributed by atoms with E-state index in [9.17, 15) is 9.59 Å². The molecule has 128 valence electrons. The summed E-state index contributed by atoms with van der Waals surface area (Å²) in [6.07, 6.45) is 4.13. The first-order valence-corrected chi connectivity index (χ1v) is 8.23. The van der Waals surface area contributed by atoms with Gasteiger partial charge in [-0.05, 0) is 20.8 Å². The second-order valence-electron chi connectivity index (χ2n) is 6.43. The lowest BCUT2D eigenvalue weighted by Crippen LogP contribution is -2.36. The average Bonchev–Trinajstić information content (AvgIpc) is 2.95. The van der Waals surface area contributed by atoms with E-state index >= 15 is 0 Å². The minimum Gasteiger partial charge on any atom is -0.336 e. The van der Waals surface area contributed by atoms with Gasteiger partial charge < -0.3 is 4.90 Å². The Morgan fingerprint density at radius 1 is 1.17 bits per heavy atom. The molecule has 2 aromatic rings. The molecule has 0 aliphatic heterocycles. The van der Waals surface area contributed by atoms with E-state index in [1.807, 2.05) is 58.3 Å². The van der Waals surface area contributed by atoms with E-state index in [1.165, 1.54) is 0 Å². The van der Waals surface area contributed by atoms with E-state index in [4.69, 9.17) is 0 Å². The summed E-state index contributed by atoms with van der Waals surface area (Å²) in [4.78, 5) is 26.6. The fourth-order valence-corrected chi connectivity index (χ4v) is 2.56. The van der Waals surface area contributed by atoms with Crippen molar-refractivity contribution in [3.63, 3.8) is 0 Å². The third-order valence-electron chi connectivity index (χ3n) is 3.99. The molecular formula is C19H25N3O2. The second-order valence-corrected chi connectivity index (χ2v) is 6.43. The molecule has 0 aliphatic rings. The van der Waals surface area contributed by atoms with Crippen LogP contribution in [-0.2, 0) is 18.4 Å². The average molecular weight is 327 g/mol. The molecule has 24 heavy (non-hydrogen) atoms. The number of hydrogen-bond acceptors (Lipinski definition) is 3. The van der Waals surface area contributed by atoms with Gasteiger partial charge in [-0.15, -0.1) is 0 Å². The Bertz CT molecular complexity index is 702. The van der Waals surface area contributed by atoms with Crippen molar-refractivity contribution in [1.29, 1.82) is 0 Å². The maximum Gasteiger partial charge on any atom is 0.223 e. The van der Waals surface area contributed by atoms with Gasteiger partial charge in [-0.1, -0.05) is 29.8 Å². The van der Waals surface area contributed by atoms with Crippen molar-refractivity contribution >= 4 is 11.7 Å². The van der Waals surface area contributed by atoms with E-state index in [2.05, 4.69) is 5.10 Å². The molecule has 5 heteroatoms. The number of carbonyl (C=O) groups is 2. The highest BCUT2D eigenvalue weighted by Gasteiger charge is 2.19. The summed E-state index contributed by atoms with van der Waals surface area (Å²) in [7, 11) is 1.85. The van der Waals surface area contributed by atoms with Gasteiger partial charge in [0, 0.05) is 49.8 Å². The van der Waals surface area contributed by atoms with Crippen LogP contribution in [0.25, 0.3) is 0 Å². The van der Waals surface area contributed by atoms with Gasteiger partial charge in [0.15, 0.2) is 5.78 Å². The molecule has 0 aliphatic carbocycles. The number of aromatic nitrogens is 2. The van der Waals surface area contributed by atoms with Crippen LogP contribution in [0.2, 0.25) is 0 Å². The van der Waals surface area contributed by atoms with Crippen LogP contribution in [0, 0.1) is 6.92 Å². The van der Waals surface area contributed by atoms with Crippen molar-refractivity contribution in [1.82, 2.24) is 14.7 Å². The van der Waals surface area contributed by atoms with Crippen LogP contribution in [-0.4, -0.2) is 32.4 Å². The number of nitrogens with zero attached hydrogens (tertiary/aromatic N) is 3. The highest BCUT2D eigenvalue weighted by molar-refractivity contribution is 5.98. The van der Waals surface area contributed by atoms with Crippen LogP contribution < -0.4 is 0 Å². The number of aryl methyl sites for hydroxylation is 2. The van der Waals surface area contributed by atoms with Gasteiger partial charge in [-0.2, -0.15) is 5.10 Å². The van der Waals surface area contributed by atoms with E-state index < -0.39 is 0 Å². The zero-order valence-electron chi connectivity index (χ0n) is 14.8. The molecule has 0 saturated heterocycles. The van der Waals surface area contributed by atoms with Crippen LogP contribution in [0.15, 0.2) is 36.7 Å².